The molecule has 1 N–H and O–H groups in total. The van der Waals surface area contributed by atoms with E-state index in [1.165, 1.54) is 5.56 Å². The molecule has 0 atom stereocenters. The lowest BCUT2D eigenvalue weighted by Gasteiger charge is -2.10. The molecule has 0 bridgehead atoms. The first-order valence-corrected chi connectivity index (χ1v) is 7.32. The van der Waals surface area contributed by atoms with Crippen LogP contribution >= 0.6 is 0 Å². The minimum atomic E-state index is 0.524. The number of aromatic nitrogens is 2. The van der Waals surface area contributed by atoms with Crippen molar-refractivity contribution in [2.75, 3.05) is 6.54 Å². The fourth-order valence-corrected chi connectivity index (χ4v) is 1.92. The van der Waals surface area contributed by atoms with E-state index in [0.29, 0.717) is 11.8 Å². The standard InChI is InChI=1S/C17H23N3O/c1-12(2)8-18-9-15-10-20-17(11-19-15)21-16-7-5-6-13(3)14(16)4/h5-7,10-12,18H,8-9H2,1-4H3. The van der Waals surface area contributed by atoms with E-state index in [1.807, 2.05) is 19.1 Å². The molecule has 0 amide bonds. The molecule has 2 rings (SSSR count). The smallest absolute Gasteiger partial charge is 0.237 e. The van der Waals surface area contributed by atoms with Crippen LogP contribution in [0.3, 0.4) is 0 Å². The van der Waals surface area contributed by atoms with Gasteiger partial charge in [0.1, 0.15) is 5.75 Å². The van der Waals surface area contributed by atoms with Crippen molar-refractivity contribution in [2.45, 2.75) is 34.2 Å². The average molecular weight is 285 g/mol. The second-order valence-corrected chi connectivity index (χ2v) is 5.67. The van der Waals surface area contributed by atoms with E-state index in [2.05, 4.69) is 42.1 Å². The van der Waals surface area contributed by atoms with E-state index in [1.54, 1.807) is 12.4 Å². The normalized spacial score (nSPS) is 10.9. The van der Waals surface area contributed by atoms with Gasteiger partial charge in [0.2, 0.25) is 5.88 Å². The van der Waals surface area contributed by atoms with Crippen molar-refractivity contribution in [3.63, 3.8) is 0 Å². The third-order valence-electron chi connectivity index (χ3n) is 3.31. The van der Waals surface area contributed by atoms with Gasteiger partial charge in [-0.15, -0.1) is 0 Å². The SMILES string of the molecule is Cc1cccc(Oc2cnc(CNCC(C)C)cn2)c1C. The molecule has 1 aromatic carbocycles. The Morgan fingerprint density at radius 3 is 2.62 bits per heavy atom. The summed E-state index contributed by atoms with van der Waals surface area (Å²) in [5, 5.41) is 3.34. The van der Waals surface area contributed by atoms with Crippen LogP contribution < -0.4 is 10.1 Å². The van der Waals surface area contributed by atoms with Crippen molar-refractivity contribution in [1.29, 1.82) is 0 Å². The fraction of sp³-hybridized carbons (Fsp3) is 0.412. The van der Waals surface area contributed by atoms with Gasteiger partial charge in [-0.2, -0.15) is 0 Å². The van der Waals surface area contributed by atoms with Gasteiger partial charge < -0.3 is 10.1 Å². The van der Waals surface area contributed by atoms with E-state index in [0.717, 1.165) is 30.1 Å². The number of hydrogen-bond donors (Lipinski definition) is 1. The lowest BCUT2D eigenvalue weighted by Crippen LogP contribution is -2.19. The molecule has 0 aliphatic heterocycles. The highest BCUT2D eigenvalue weighted by molar-refractivity contribution is 5.39. The Kier molecular flexibility index (Phi) is 5.28. The summed E-state index contributed by atoms with van der Waals surface area (Å²) < 4.78 is 5.79. The Morgan fingerprint density at radius 2 is 1.95 bits per heavy atom. The van der Waals surface area contributed by atoms with Crippen molar-refractivity contribution in [3.8, 4) is 11.6 Å². The van der Waals surface area contributed by atoms with Crippen molar-refractivity contribution < 1.29 is 4.74 Å². The predicted molar refractivity (Wildman–Crippen MR) is 84.6 cm³/mol. The zero-order chi connectivity index (χ0) is 15.2. The maximum atomic E-state index is 5.79. The molecule has 2 aromatic rings. The highest BCUT2D eigenvalue weighted by Gasteiger charge is 2.05. The summed E-state index contributed by atoms with van der Waals surface area (Å²) >= 11 is 0. The first kappa shape index (κ1) is 15.4. The zero-order valence-electron chi connectivity index (χ0n) is 13.2. The number of aryl methyl sites for hydroxylation is 1. The predicted octanol–water partition coefficient (Wildman–Crippen LogP) is 3.63. The van der Waals surface area contributed by atoms with Crippen LogP contribution in [0.1, 0.15) is 30.7 Å². The first-order chi connectivity index (χ1) is 10.1. The van der Waals surface area contributed by atoms with E-state index in [4.69, 9.17) is 4.74 Å². The van der Waals surface area contributed by atoms with Gasteiger partial charge in [0.15, 0.2) is 0 Å². The van der Waals surface area contributed by atoms with Gasteiger partial charge in [-0.05, 0) is 43.5 Å². The van der Waals surface area contributed by atoms with E-state index >= 15 is 0 Å². The fourth-order valence-electron chi connectivity index (χ4n) is 1.92. The van der Waals surface area contributed by atoms with Crippen LogP contribution in [0.4, 0.5) is 0 Å². The maximum Gasteiger partial charge on any atom is 0.237 e. The van der Waals surface area contributed by atoms with Crippen molar-refractivity contribution >= 4 is 0 Å². The molecule has 0 saturated heterocycles. The van der Waals surface area contributed by atoms with E-state index in [9.17, 15) is 0 Å². The van der Waals surface area contributed by atoms with Crippen LogP contribution in [0.2, 0.25) is 0 Å². The Labute approximate surface area is 126 Å². The molecule has 1 aromatic heterocycles. The van der Waals surface area contributed by atoms with Crippen LogP contribution in [0, 0.1) is 19.8 Å². The lowest BCUT2D eigenvalue weighted by atomic mass is 10.1. The van der Waals surface area contributed by atoms with Crippen LogP contribution in [0.25, 0.3) is 0 Å². The highest BCUT2D eigenvalue weighted by atomic mass is 16.5. The minimum absolute atomic E-state index is 0.524. The Bertz CT molecular complexity index is 579. The quantitative estimate of drug-likeness (QED) is 0.880. The molecule has 112 valence electrons. The van der Waals surface area contributed by atoms with Crippen molar-refractivity contribution in [2.24, 2.45) is 5.92 Å². The molecule has 0 fully saturated rings. The van der Waals surface area contributed by atoms with Gasteiger partial charge in [-0.3, -0.25) is 4.98 Å². The average Bonchev–Trinajstić information content (AvgIpc) is 2.45. The van der Waals surface area contributed by atoms with Crippen LogP contribution in [0.15, 0.2) is 30.6 Å². The Morgan fingerprint density at radius 1 is 1.14 bits per heavy atom. The molecule has 1 heterocycles. The second-order valence-electron chi connectivity index (χ2n) is 5.67. The molecule has 0 saturated carbocycles. The molecule has 0 unspecified atom stereocenters. The van der Waals surface area contributed by atoms with E-state index < -0.39 is 0 Å². The maximum absolute atomic E-state index is 5.79. The molecular weight excluding hydrogens is 262 g/mol. The van der Waals surface area contributed by atoms with Crippen LogP contribution in [-0.2, 0) is 6.54 Å². The molecule has 0 aliphatic rings. The topological polar surface area (TPSA) is 47.0 Å². The van der Waals surface area contributed by atoms with Gasteiger partial charge in [-0.25, -0.2) is 4.98 Å². The van der Waals surface area contributed by atoms with Gasteiger partial charge in [0.25, 0.3) is 0 Å². The molecule has 0 aliphatic carbocycles. The van der Waals surface area contributed by atoms with Crippen LogP contribution in [-0.4, -0.2) is 16.5 Å². The third-order valence-corrected chi connectivity index (χ3v) is 3.31. The highest BCUT2D eigenvalue weighted by Crippen LogP contribution is 2.25. The van der Waals surface area contributed by atoms with Gasteiger partial charge >= 0.3 is 0 Å². The number of nitrogens with one attached hydrogen (secondary N) is 1. The molecule has 0 radical (unpaired) electrons. The molecule has 4 heteroatoms. The number of benzene rings is 1. The van der Waals surface area contributed by atoms with Gasteiger partial charge in [-0.1, -0.05) is 26.0 Å². The molecule has 4 nitrogen and oxygen atoms in total. The molecule has 21 heavy (non-hydrogen) atoms. The zero-order valence-corrected chi connectivity index (χ0v) is 13.2. The number of nitrogens with zero attached hydrogens (tertiary/aromatic N) is 2. The first-order valence-electron chi connectivity index (χ1n) is 7.32. The number of hydrogen-bond acceptors (Lipinski definition) is 4. The second kappa shape index (κ2) is 7.18. The Balaban J connectivity index is 1.97. The largest absolute Gasteiger partial charge is 0.437 e. The summed E-state index contributed by atoms with van der Waals surface area (Å²) in [6.45, 7) is 10.2. The third kappa shape index (κ3) is 4.53. The van der Waals surface area contributed by atoms with Crippen molar-refractivity contribution in [3.05, 3.63) is 47.4 Å². The number of ether oxygens (including phenoxy) is 1. The summed E-state index contributed by atoms with van der Waals surface area (Å²) in [7, 11) is 0. The summed E-state index contributed by atoms with van der Waals surface area (Å²) in [6.07, 6.45) is 3.43. The summed E-state index contributed by atoms with van der Waals surface area (Å²) in [6, 6.07) is 5.99. The lowest BCUT2D eigenvalue weighted by molar-refractivity contribution is 0.454. The monoisotopic (exact) mass is 285 g/mol. The van der Waals surface area contributed by atoms with Gasteiger partial charge in [0, 0.05) is 6.54 Å². The minimum Gasteiger partial charge on any atom is -0.437 e. The molecular formula is C17H23N3O. The molecule has 0 spiro atoms. The summed E-state index contributed by atoms with van der Waals surface area (Å²) in [5.41, 5.74) is 3.25. The summed E-state index contributed by atoms with van der Waals surface area (Å²) in [4.78, 5) is 8.69. The number of rotatable bonds is 6. The summed E-state index contributed by atoms with van der Waals surface area (Å²) in [5.74, 6) is 1.98. The Hall–Kier alpha value is -1.94. The van der Waals surface area contributed by atoms with E-state index in [-0.39, 0.29) is 0 Å². The van der Waals surface area contributed by atoms with Crippen molar-refractivity contribution in [1.82, 2.24) is 15.3 Å². The van der Waals surface area contributed by atoms with Crippen LogP contribution in [0.5, 0.6) is 11.6 Å². The van der Waals surface area contributed by atoms with Gasteiger partial charge in [0.05, 0.1) is 18.1 Å².